The smallest absolute Gasteiger partial charge is 0.305 e. The molecule has 2 aromatic rings. The highest BCUT2D eigenvalue weighted by molar-refractivity contribution is 5.84. The molecule has 0 bridgehead atoms. The number of amides is 2. The van der Waals surface area contributed by atoms with Crippen LogP contribution in [0.15, 0.2) is 42.5 Å². The van der Waals surface area contributed by atoms with Crippen LogP contribution in [-0.4, -0.2) is 29.4 Å². The van der Waals surface area contributed by atoms with Crippen molar-refractivity contribution in [3.63, 3.8) is 0 Å². The molecule has 0 aromatic heterocycles. The molecule has 6 nitrogen and oxygen atoms in total. The summed E-state index contributed by atoms with van der Waals surface area (Å²) >= 11 is 0. The summed E-state index contributed by atoms with van der Waals surface area (Å²) in [6.07, 6.45) is 1.57. The van der Waals surface area contributed by atoms with Gasteiger partial charge in [0.15, 0.2) is 0 Å². The van der Waals surface area contributed by atoms with E-state index in [1.54, 1.807) is 0 Å². The van der Waals surface area contributed by atoms with Crippen LogP contribution in [0.2, 0.25) is 0 Å². The van der Waals surface area contributed by atoms with Crippen molar-refractivity contribution in [2.75, 3.05) is 6.54 Å². The molecule has 2 amide bonds. The van der Waals surface area contributed by atoms with Gasteiger partial charge in [0.2, 0.25) is 11.8 Å². The normalized spacial score (nSPS) is 11.7. The van der Waals surface area contributed by atoms with Gasteiger partial charge < -0.3 is 15.7 Å². The number of fused-ring (bicyclic) bond motifs is 1. The van der Waals surface area contributed by atoms with Crippen LogP contribution < -0.4 is 10.6 Å². The minimum absolute atomic E-state index is 0.0683. The second-order valence-electron chi connectivity index (χ2n) is 6.53. The van der Waals surface area contributed by atoms with Crippen molar-refractivity contribution in [3.05, 3.63) is 48.0 Å². The van der Waals surface area contributed by atoms with Crippen LogP contribution >= 0.6 is 0 Å². The molecule has 2 rings (SSSR count). The summed E-state index contributed by atoms with van der Waals surface area (Å²) in [4.78, 5) is 35.0. The molecule has 0 radical (unpaired) electrons. The van der Waals surface area contributed by atoms with Crippen LogP contribution in [0.4, 0.5) is 0 Å². The lowest BCUT2D eigenvalue weighted by molar-refractivity contribution is -0.137. The van der Waals surface area contributed by atoms with Crippen molar-refractivity contribution in [3.8, 4) is 0 Å². The molecule has 0 fully saturated rings. The van der Waals surface area contributed by atoms with E-state index in [1.807, 2.05) is 49.4 Å². The van der Waals surface area contributed by atoms with E-state index in [-0.39, 0.29) is 31.1 Å². The minimum Gasteiger partial charge on any atom is -0.481 e. The fourth-order valence-corrected chi connectivity index (χ4v) is 2.88. The molecule has 0 heterocycles. The van der Waals surface area contributed by atoms with Gasteiger partial charge in [-0.05, 0) is 35.2 Å². The second kappa shape index (κ2) is 10.3. The van der Waals surface area contributed by atoms with Crippen molar-refractivity contribution in [1.82, 2.24) is 10.6 Å². The van der Waals surface area contributed by atoms with Gasteiger partial charge in [0.05, 0.1) is 12.5 Å². The van der Waals surface area contributed by atoms with Crippen LogP contribution in [0.5, 0.6) is 0 Å². The summed E-state index contributed by atoms with van der Waals surface area (Å²) < 4.78 is 0. The zero-order valence-corrected chi connectivity index (χ0v) is 15.5. The molecule has 6 heteroatoms. The first-order chi connectivity index (χ1) is 13.0. The van der Waals surface area contributed by atoms with E-state index < -0.39 is 12.0 Å². The Morgan fingerprint density at radius 1 is 1.00 bits per heavy atom. The van der Waals surface area contributed by atoms with Crippen molar-refractivity contribution >= 4 is 28.6 Å². The molecular weight excluding hydrogens is 344 g/mol. The van der Waals surface area contributed by atoms with Gasteiger partial charge in [-0.15, -0.1) is 0 Å². The summed E-state index contributed by atoms with van der Waals surface area (Å²) in [6, 6.07) is 12.9. The van der Waals surface area contributed by atoms with Gasteiger partial charge in [0.1, 0.15) is 0 Å². The molecule has 0 aliphatic rings. The number of carboxylic acid groups (broad SMARTS) is 1. The average Bonchev–Trinajstić information content (AvgIpc) is 2.65. The Hall–Kier alpha value is -2.89. The topological polar surface area (TPSA) is 95.5 Å². The maximum absolute atomic E-state index is 12.2. The van der Waals surface area contributed by atoms with E-state index in [1.165, 1.54) is 0 Å². The van der Waals surface area contributed by atoms with Gasteiger partial charge in [0.25, 0.3) is 0 Å². The molecule has 0 aliphatic carbocycles. The van der Waals surface area contributed by atoms with Crippen molar-refractivity contribution in [2.24, 2.45) is 0 Å². The number of aliphatic carboxylic acids is 1. The lowest BCUT2D eigenvalue weighted by atomic mass is 9.99. The Bertz CT molecular complexity index is 804. The average molecular weight is 370 g/mol. The summed E-state index contributed by atoms with van der Waals surface area (Å²) in [6.45, 7) is 2.61. The van der Waals surface area contributed by atoms with E-state index in [0.717, 1.165) is 22.8 Å². The number of nitrogens with one attached hydrogen (secondary N) is 2. The molecule has 0 spiro atoms. The Kier molecular flexibility index (Phi) is 7.79. The molecule has 0 aliphatic heterocycles. The first-order valence-corrected chi connectivity index (χ1v) is 9.26. The first kappa shape index (κ1) is 20.4. The maximum Gasteiger partial charge on any atom is 0.305 e. The van der Waals surface area contributed by atoms with E-state index in [2.05, 4.69) is 10.6 Å². The molecule has 27 heavy (non-hydrogen) atoms. The number of carboxylic acids is 1. The van der Waals surface area contributed by atoms with E-state index in [9.17, 15) is 19.5 Å². The lowest BCUT2D eigenvalue weighted by Crippen LogP contribution is -2.30. The summed E-state index contributed by atoms with van der Waals surface area (Å²) in [5, 5.41) is 16.8. The zero-order chi connectivity index (χ0) is 19.6. The summed E-state index contributed by atoms with van der Waals surface area (Å²) in [5.41, 5.74) is 0.755. The Morgan fingerprint density at radius 3 is 2.41 bits per heavy atom. The van der Waals surface area contributed by atoms with E-state index >= 15 is 0 Å². The van der Waals surface area contributed by atoms with Crippen LogP contribution in [0.1, 0.15) is 50.6 Å². The zero-order valence-electron chi connectivity index (χ0n) is 15.5. The minimum atomic E-state index is -0.979. The highest BCUT2D eigenvalue weighted by Crippen LogP contribution is 2.23. The third kappa shape index (κ3) is 6.73. The highest BCUT2D eigenvalue weighted by atomic mass is 16.4. The lowest BCUT2D eigenvalue weighted by Gasteiger charge is -2.18. The van der Waals surface area contributed by atoms with Gasteiger partial charge in [-0.2, -0.15) is 0 Å². The van der Waals surface area contributed by atoms with Crippen molar-refractivity contribution < 1.29 is 19.5 Å². The molecule has 1 atom stereocenters. The number of carbonyl (C=O) groups excluding carboxylic acids is 2. The fourth-order valence-electron chi connectivity index (χ4n) is 2.88. The molecule has 0 saturated carbocycles. The van der Waals surface area contributed by atoms with Crippen LogP contribution in [0.25, 0.3) is 10.8 Å². The quantitative estimate of drug-likeness (QED) is 0.599. The number of rotatable bonds is 10. The monoisotopic (exact) mass is 370 g/mol. The van der Waals surface area contributed by atoms with E-state index in [0.29, 0.717) is 13.0 Å². The van der Waals surface area contributed by atoms with Gasteiger partial charge in [-0.1, -0.05) is 43.3 Å². The molecule has 3 N–H and O–H groups in total. The van der Waals surface area contributed by atoms with E-state index in [4.69, 9.17) is 0 Å². The van der Waals surface area contributed by atoms with Crippen LogP contribution in [-0.2, 0) is 14.4 Å². The molecule has 2 aromatic carbocycles. The number of hydrogen-bond acceptors (Lipinski definition) is 3. The Labute approximate surface area is 159 Å². The largest absolute Gasteiger partial charge is 0.481 e. The van der Waals surface area contributed by atoms with Crippen molar-refractivity contribution in [1.29, 1.82) is 0 Å². The first-order valence-electron chi connectivity index (χ1n) is 9.26. The van der Waals surface area contributed by atoms with Crippen LogP contribution in [0, 0.1) is 0 Å². The van der Waals surface area contributed by atoms with Gasteiger partial charge in [-0.25, -0.2) is 0 Å². The Morgan fingerprint density at radius 2 is 1.70 bits per heavy atom. The third-order valence-electron chi connectivity index (χ3n) is 4.27. The summed E-state index contributed by atoms with van der Waals surface area (Å²) in [5.74, 6) is -1.30. The van der Waals surface area contributed by atoms with Crippen molar-refractivity contribution in [2.45, 2.75) is 45.1 Å². The summed E-state index contributed by atoms with van der Waals surface area (Å²) in [7, 11) is 0. The molecule has 0 saturated heterocycles. The standard InChI is InChI=1S/C21H26N2O4/c1-2-12-22-19(24)8-5-9-20(25)23-18(14-21(26)27)17-11-10-15-6-3-4-7-16(15)13-17/h3-4,6-7,10-11,13,18H,2,5,8-9,12,14H2,1H3,(H,22,24)(H,23,25)(H,26,27)/t18-/m0/s1. The predicted octanol–water partition coefficient (Wildman–Crippen LogP) is 3.17. The molecular formula is C21H26N2O4. The fraction of sp³-hybridized carbons (Fsp3) is 0.381. The van der Waals surface area contributed by atoms with Gasteiger partial charge >= 0.3 is 5.97 Å². The number of hydrogen-bond donors (Lipinski definition) is 3. The Balaban J connectivity index is 1.97. The second-order valence-corrected chi connectivity index (χ2v) is 6.53. The highest BCUT2D eigenvalue weighted by Gasteiger charge is 2.18. The predicted molar refractivity (Wildman–Crippen MR) is 104 cm³/mol. The molecule has 144 valence electrons. The molecule has 0 unspecified atom stereocenters. The van der Waals surface area contributed by atoms with Gasteiger partial charge in [0, 0.05) is 19.4 Å². The third-order valence-corrected chi connectivity index (χ3v) is 4.27. The van der Waals surface area contributed by atoms with Gasteiger partial charge in [-0.3, -0.25) is 14.4 Å². The maximum atomic E-state index is 12.2. The number of benzene rings is 2. The number of carbonyl (C=O) groups is 3. The SMILES string of the molecule is CCCNC(=O)CCCC(=O)N[C@@H](CC(=O)O)c1ccc2ccccc2c1. The van der Waals surface area contributed by atoms with Crippen LogP contribution in [0.3, 0.4) is 0 Å².